The molecule has 0 saturated carbocycles. The summed E-state index contributed by atoms with van der Waals surface area (Å²) in [6.45, 7) is 4.24. The Bertz CT molecular complexity index is 773. The zero-order valence-electron chi connectivity index (χ0n) is 12.5. The maximum atomic E-state index is 12.6. The number of amides is 1. The Balaban J connectivity index is 1.97. The fourth-order valence-electron chi connectivity index (χ4n) is 2.80. The maximum Gasteiger partial charge on any atom is 0.326 e. The van der Waals surface area contributed by atoms with Crippen molar-refractivity contribution in [3.8, 4) is 0 Å². The van der Waals surface area contributed by atoms with E-state index >= 15 is 0 Å². The van der Waals surface area contributed by atoms with Crippen molar-refractivity contribution in [2.24, 2.45) is 0 Å². The number of carboxylic acids is 1. The van der Waals surface area contributed by atoms with Gasteiger partial charge in [-0.25, -0.2) is 14.8 Å². The number of aromatic nitrogens is 2. The number of carbonyl (C=O) groups is 2. The molecule has 1 aromatic heterocycles. The van der Waals surface area contributed by atoms with Gasteiger partial charge >= 0.3 is 5.97 Å². The van der Waals surface area contributed by atoms with Crippen LogP contribution in [-0.2, 0) is 4.79 Å². The number of aliphatic carboxylic acids is 1. The van der Waals surface area contributed by atoms with Crippen LogP contribution in [0.1, 0.15) is 34.6 Å². The molecule has 1 aromatic carbocycles. The maximum absolute atomic E-state index is 12.6. The fourth-order valence-corrected chi connectivity index (χ4v) is 2.80. The third-order valence-electron chi connectivity index (χ3n) is 4.12. The first-order valence-corrected chi connectivity index (χ1v) is 7.26. The van der Waals surface area contributed by atoms with E-state index in [-0.39, 0.29) is 5.91 Å². The van der Waals surface area contributed by atoms with Gasteiger partial charge in [0, 0.05) is 12.1 Å². The highest BCUT2D eigenvalue weighted by Crippen LogP contribution is 2.22. The predicted octanol–water partition coefficient (Wildman–Crippen LogP) is 1.94. The third kappa shape index (κ3) is 2.41. The quantitative estimate of drug-likeness (QED) is 0.916. The molecule has 1 aliphatic rings. The molecule has 0 radical (unpaired) electrons. The van der Waals surface area contributed by atoms with Crippen molar-refractivity contribution in [1.82, 2.24) is 14.9 Å². The van der Waals surface area contributed by atoms with Gasteiger partial charge in [-0.3, -0.25) is 4.79 Å². The summed E-state index contributed by atoms with van der Waals surface area (Å²) in [5, 5.41) is 9.20. The van der Waals surface area contributed by atoms with Crippen molar-refractivity contribution in [2.75, 3.05) is 6.54 Å². The van der Waals surface area contributed by atoms with Crippen molar-refractivity contribution >= 4 is 22.9 Å². The second-order valence-electron chi connectivity index (χ2n) is 5.59. The smallest absolute Gasteiger partial charge is 0.326 e. The molecule has 6 heteroatoms. The minimum absolute atomic E-state index is 0.258. The van der Waals surface area contributed by atoms with Crippen LogP contribution >= 0.6 is 0 Å². The molecule has 0 bridgehead atoms. The SMILES string of the molecule is Cc1nc2ccc(C(=O)N3CCCC3C(=O)O)cc2nc1C. The van der Waals surface area contributed by atoms with Crippen LogP contribution in [0.3, 0.4) is 0 Å². The number of hydrogen-bond acceptors (Lipinski definition) is 4. The number of carboxylic acid groups (broad SMARTS) is 1. The van der Waals surface area contributed by atoms with E-state index in [9.17, 15) is 14.7 Å². The monoisotopic (exact) mass is 299 g/mol. The molecule has 1 N–H and O–H groups in total. The van der Waals surface area contributed by atoms with Gasteiger partial charge < -0.3 is 10.0 Å². The van der Waals surface area contributed by atoms with Crippen LogP contribution in [0.5, 0.6) is 0 Å². The second-order valence-corrected chi connectivity index (χ2v) is 5.59. The van der Waals surface area contributed by atoms with E-state index in [4.69, 9.17) is 0 Å². The van der Waals surface area contributed by atoms with Crippen LogP contribution in [0.4, 0.5) is 0 Å². The molecule has 1 fully saturated rings. The summed E-state index contributed by atoms with van der Waals surface area (Å²) in [6.07, 6.45) is 1.22. The molecule has 1 saturated heterocycles. The van der Waals surface area contributed by atoms with Crippen LogP contribution < -0.4 is 0 Å². The standard InChI is InChI=1S/C16H17N3O3/c1-9-10(2)18-13-8-11(5-6-12(13)17-9)15(20)19-7-3-4-14(19)16(21)22/h5-6,8,14H,3-4,7H2,1-2H3,(H,21,22). The van der Waals surface area contributed by atoms with Gasteiger partial charge in [0.05, 0.1) is 22.4 Å². The summed E-state index contributed by atoms with van der Waals surface area (Å²) in [4.78, 5) is 34.1. The average Bonchev–Trinajstić information content (AvgIpc) is 2.97. The van der Waals surface area contributed by atoms with E-state index in [1.807, 2.05) is 13.8 Å². The highest BCUT2D eigenvalue weighted by atomic mass is 16.4. The summed E-state index contributed by atoms with van der Waals surface area (Å²) >= 11 is 0. The fraction of sp³-hybridized carbons (Fsp3) is 0.375. The van der Waals surface area contributed by atoms with E-state index in [1.165, 1.54) is 4.90 Å². The number of nitrogens with zero attached hydrogens (tertiary/aromatic N) is 3. The van der Waals surface area contributed by atoms with E-state index in [0.29, 0.717) is 30.5 Å². The van der Waals surface area contributed by atoms with Crippen molar-refractivity contribution in [3.63, 3.8) is 0 Å². The highest BCUT2D eigenvalue weighted by molar-refractivity contribution is 5.99. The zero-order chi connectivity index (χ0) is 15.9. The van der Waals surface area contributed by atoms with Crippen molar-refractivity contribution in [3.05, 3.63) is 35.2 Å². The molecule has 22 heavy (non-hydrogen) atoms. The van der Waals surface area contributed by atoms with Crippen LogP contribution in [0.25, 0.3) is 11.0 Å². The lowest BCUT2D eigenvalue weighted by Crippen LogP contribution is -2.40. The summed E-state index contributed by atoms with van der Waals surface area (Å²) in [6, 6.07) is 4.40. The molecule has 2 heterocycles. The molecule has 1 aliphatic heterocycles. The molecule has 1 unspecified atom stereocenters. The van der Waals surface area contributed by atoms with E-state index in [2.05, 4.69) is 9.97 Å². The van der Waals surface area contributed by atoms with E-state index < -0.39 is 12.0 Å². The van der Waals surface area contributed by atoms with Gasteiger partial charge in [0.1, 0.15) is 6.04 Å². The highest BCUT2D eigenvalue weighted by Gasteiger charge is 2.34. The lowest BCUT2D eigenvalue weighted by atomic mass is 10.1. The average molecular weight is 299 g/mol. The van der Waals surface area contributed by atoms with Crippen molar-refractivity contribution < 1.29 is 14.7 Å². The molecule has 2 aromatic rings. The number of rotatable bonds is 2. The van der Waals surface area contributed by atoms with Gasteiger partial charge in [-0.05, 0) is 44.9 Å². The van der Waals surface area contributed by atoms with Gasteiger partial charge in [0.2, 0.25) is 0 Å². The number of hydrogen-bond donors (Lipinski definition) is 1. The summed E-state index contributed by atoms with van der Waals surface area (Å²) in [7, 11) is 0. The van der Waals surface area contributed by atoms with Gasteiger partial charge in [-0.15, -0.1) is 0 Å². The Morgan fingerprint density at radius 2 is 1.86 bits per heavy atom. The van der Waals surface area contributed by atoms with E-state index in [1.54, 1.807) is 18.2 Å². The van der Waals surface area contributed by atoms with Gasteiger partial charge in [0.15, 0.2) is 0 Å². The molecular formula is C16H17N3O3. The first-order chi connectivity index (χ1) is 10.5. The van der Waals surface area contributed by atoms with Crippen LogP contribution in [0.15, 0.2) is 18.2 Å². The Labute approximate surface area is 127 Å². The van der Waals surface area contributed by atoms with Crippen LogP contribution in [-0.4, -0.2) is 44.4 Å². The molecule has 0 spiro atoms. The topological polar surface area (TPSA) is 83.4 Å². The Kier molecular flexibility index (Phi) is 3.52. The number of fused-ring (bicyclic) bond motifs is 1. The Morgan fingerprint density at radius 3 is 2.55 bits per heavy atom. The molecule has 1 atom stereocenters. The molecule has 6 nitrogen and oxygen atoms in total. The molecule has 3 rings (SSSR count). The minimum Gasteiger partial charge on any atom is -0.480 e. The first-order valence-electron chi connectivity index (χ1n) is 7.26. The van der Waals surface area contributed by atoms with Gasteiger partial charge in [-0.2, -0.15) is 0 Å². The summed E-state index contributed by atoms with van der Waals surface area (Å²) < 4.78 is 0. The Hall–Kier alpha value is -2.50. The lowest BCUT2D eigenvalue weighted by Gasteiger charge is -2.21. The second kappa shape index (κ2) is 5.36. The van der Waals surface area contributed by atoms with Crippen molar-refractivity contribution in [2.45, 2.75) is 32.7 Å². The zero-order valence-corrected chi connectivity index (χ0v) is 12.5. The largest absolute Gasteiger partial charge is 0.480 e. The minimum atomic E-state index is -0.946. The van der Waals surface area contributed by atoms with E-state index in [0.717, 1.165) is 16.9 Å². The third-order valence-corrected chi connectivity index (χ3v) is 4.12. The van der Waals surface area contributed by atoms with Crippen molar-refractivity contribution in [1.29, 1.82) is 0 Å². The molecular weight excluding hydrogens is 282 g/mol. The number of carbonyl (C=O) groups excluding carboxylic acids is 1. The predicted molar refractivity (Wildman–Crippen MR) is 80.7 cm³/mol. The normalized spacial score (nSPS) is 17.9. The summed E-state index contributed by atoms with van der Waals surface area (Å²) in [5.41, 5.74) is 3.52. The van der Waals surface area contributed by atoms with Crippen LogP contribution in [0, 0.1) is 13.8 Å². The Morgan fingerprint density at radius 1 is 1.18 bits per heavy atom. The number of likely N-dealkylation sites (tertiary alicyclic amines) is 1. The van der Waals surface area contributed by atoms with Gasteiger partial charge in [-0.1, -0.05) is 0 Å². The van der Waals surface area contributed by atoms with Gasteiger partial charge in [0.25, 0.3) is 5.91 Å². The molecule has 1 amide bonds. The molecule has 114 valence electrons. The number of aryl methyl sites for hydroxylation is 2. The summed E-state index contributed by atoms with van der Waals surface area (Å²) in [5.74, 6) is -1.20. The lowest BCUT2D eigenvalue weighted by molar-refractivity contribution is -0.141. The van der Waals surface area contributed by atoms with Crippen LogP contribution in [0.2, 0.25) is 0 Å². The molecule has 0 aliphatic carbocycles. The number of benzene rings is 1. The first kappa shape index (κ1) is 14.4.